The number of benzene rings is 2. The summed E-state index contributed by atoms with van der Waals surface area (Å²) in [5, 5.41) is 2.74. The van der Waals surface area contributed by atoms with Gasteiger partial charge in [-0.25, -0.2) is 4.79 Å². The fourth-order valence-electron chi connectivity index (χ4n) is 2.65. The maximum absolute atomic E-state index is 12.2. The normalized spacial score (nSPS) is 12.5. The molecule has 7 nitrogen and oxygen atoms in total. The van der Waals surface area contributed by atoms with Crippen LogP contribution in [0.5, 0.6) is 17.2 Å². The molecule has 0 aliphatic carbocycles. The van der Waals surface area contributed by atoms with Gasteiger partial charge in [-0.1, -0.05) is 0 Å². The van der Waals surface area contributed by atoms with Gasteiger partial charge in [0.15, 0.2) is 11.5 Å². The number of anilines is 1. The summed E-state index contributed by atoms with van der Waals surface area (Å²) >= 11 is 0. The van der Waals surface area contributed by atoms with Crippen LogP contribution >= 0.6 is 0 Å². The molecule has 2 aromatic carbocycles. The highest BCUT2D eigenvalue weighted by atomic mass is 16.6. The van der Waals surface area contributed by atoms with Crippen molar-refractivity contribution in [3.05, 3.63) is 53.6 Å². The third-order valence-corrected chi connectivity index (χ3v) is 3.94. The molecule has 1 aliphatic rings. The van der Waals surface area contributed by atoms with Crippen LogP contribution in [0.3, 0.4) is 0 Å². The van der Waals surface area contributed by atoms with Gasteiger partial charge in [0.1, 0.15) is 13.2 Å². The molecule has 0 atom stereocenters. The van der Waals surface area contributed by atoms with Crippen LogP contribution in [0.2, 0.25) is 0 Å². The largest absolute Gasteiger partial charge is 0.493 e. The maximum Gasteiger partial charge on any atom is 0.338 e. The number of nitrogens with one attached hydrogen (secondary N) is 1. The van der Waals surface area contributed by atoms with E-state index in [2.05, 4.69) is 5.32 Å². The van der Waals surface area contributed by atoms with Gasteiger partial charge in [0.25, 0.3) is 0 Å². The number of carbonyl (C=O) groups excluding carboxylic acids is 2. The molecule has 0 saturated carbocycles. The van der Waals surface area contributed by atoms with E-state index in [-0.39, 0.29) is 5.91 Å². The molecule has 146 valence electrons. The molecule has 0 fully saturated rings. The molecule has 0 aromatic heterocycles. The van der Waals surface area contributed by atoms with Gasteiger partial charge in [-0.15, -0.1) is 0 Å². The van der Waals surface area contributed by atoms with Crippen LogP contribution in [0, 0.1) is 0 Å². The van der Waals surface area contributed by atoms with Crippen LogP contribution in [0.25, 0.3) is 6.08 Å². The number of hydrogen-bond acceptors (Lipinski definition) is 6. The fraction of sp³-hybridized carbons (Fsp3) is 0.238. The van der Waals surface area contributed by atoms with Crippen LogP contribution in [0.15, 0.2) is 42.5 Å². The third kappa shape index (κ3) is 4.62. The van der Waals surface area contributed by atoms with Crippen molar-refractivity contribution in [1.82, 2.24) is 0 Å². The summed E-state index contributed by atoms with van der Waals surface area (Å²) < 4.78 is 21.4. The Kier molecular flexibility index (Phi) is 6.16. The molecule has 0 bridgehead atoms. The molecule has 0 spiro atoms. The molecule has 1 N–H and O–H groups in total. The summed E-state index contributed by atoms with van der Waals surface area (Å²) in [7, 11) is 1.55. The highest BCUT2D eigenvalue weighted by molar-refractivity contribution is 6.02. The molecular weight excluding hydrogens is 362 g/mol. The molecule has 1 amide bonds. The van der Waals surface area contributed by atoms with Crippen LogP contribution in [-0.4, -0.2) is 38.8 Å². The zero-order valence-electron chi connectivity index (χ0n) is 15.7. The van der Waals surface area contributed by atoms with E-state index in [4.69, 9.17) is 18.9 Å². The summed E-state index contributed by atoms with van der Waals surface area (Å²) in [5.74, 6) is 0.995. The van der Waals surface area contributed by atoms with E-state index in [0.717, 1.165) is 5.56 Å². The lowest BCUT2D eigenvalue weighted by atomic mass is 10.1. The van der Waals surface area contributed by atoms with Crippen molar-refractivity contribution in [2.45, 2.75) is 6.92 Å². The Morgan fingerprint density at radius 2 is 1.89 bits per heavy atom. The first kappa shape index (κ1) is 19.3. The molecule has 1 heterocycles. The topological polar surface area (TPSA) is 83.1 Å². The molecular formula is C21H21NO6. The lowest BCUT2D eigenvalue weighted by Gasteiger charge is -2.20. The Morgan fingerprint density at radius 1 is 1.14 bits per heavy atom. The molecule has 2 aromatic rings. The average Bonchev–Trinajstić information content (AvgIpc) is 2.72. The van der Waals surface area contributed by atoms with Gasteiger partial charge in [-0.3, -0.25) is 4.79 Å². The van der Waals surface area contributed by atoms with Crippen LogP contribution < -0.4 is 19.5 Å². The van der Waals surface area contributed by atoms with Crippen molar-refractivity contribution in [3.8, 4) is 17.2 Å². The minimum atomic E-state index is -0.396. The average molecular weight is 383 g/mol. The number of rotatable bonds is 6. The van der Waals surface area contributed by atoms with Crippen molar-refractivity contribution in [2.24, 2.45) is 0 Å². The van der Waals surface area contributed by atoms with Crippen molar-refractivity contribution in [2.75, 3.05) is 32.2 Å². The van der Waals surface area contributed by atoms with Gasteiger partial charge in [-0.2, -0.15) is 0 Å². The third-order valence-electron chi connectivity index (χ3n) is 3.94. The first-order valence-electron chi connectivity index (χ1n) is 8.84. The van der Waals surface area contributed by atoms with Gasteiger partial charge in [-0.05, 0) is 55.0 Å². The Labute approximate surface area is 162 Å². The van der Waals surface area contributed by atoms with Crippen molar-refractivity contribution in [1.29, 1.82) is 0 Å². The highest BCUT2D eigenvalue weighted by Gasteiger charge is 2.17. The molecule has 0 saturated heterocycles. The molecule has 1 aliphatic heterocycles. The highest BCUT2D eigenvalue weighted by Crippen LogP contribution is 2.40. The number of amides is 1. The number of hydrogen-bond donors (Lipinski definition) is 1. The van der Waals surface area contributed by atoms with Crippen molar-refractivity contribution >= 4 is 23.6 Å². The Bertz CT molecular complexity index is 871. The van der Waals surface area contributed by atoms with E-state index in [1.54, 1.807) is 56.5 Å². The summed E-state index contributed by atoms with van der Waals surface area (Å²) in [6.45, 7) is 2.99. The number of fused-ring (bicyclic) bond motifs is 1. The zero-order chi connectivity index (χ0) is 19.9. The SMILES string of the molecule is CCOC(=O)c1ccc(NC(=O)/C=C/c2cc(OC)c3c(c2)OCCO3)cc1. The van der Waals surface area contributed by atoms with Crippen molar-refractivity contribution in [3.63, 3.8) is 0 Å². The second-order valence-corrected chi connectivity index (χ2v) is 5.87. The van der Waals surface area contributed by atoms with Crippen LogP contribution in [-0.2, 0) is 9.53 Å². The van der Waals surface area contributed by atoms with Crippen LogP contribution in [0.1, 0.15) is 22.8 Å². The number of ether oxygens (including phenoxy) is 4. The smallest absolute Gasteiger partial charge is 0.338 e. The van der Waals surface area contributed by atoms with Gasteiger partial charge in [0, 0.05) is 11.8 Å². The van der Waals surface area contributed by atoms with Crippen LogP contribution in [0.4, 0.5) is 5.69 Å². The Balaban J connectivity index is 1.66. The molecule has 0 unspecified atom stereocenters. The molecule has 0 radical (unpaired) electrons. The Hall–Kier alpha value is -3.48. The first-order valence-corrected chi connectivity index (χ1v) is 8.84. The summed E-state index contributed by atoms with van der Waals surface area (Å²) in [4.78, 5) is 23.8. The second kappa shape index (κ2) is 8.94. The predicted octanol–water partition coefficient (Wildman–Crippen LogP) is 3.30. The Morgan fingerprint density at radius 3 is 2.61 bits per heavy atom. The van der Waals surface area contributed by atoms with Gasteiger partial charge in [0.05, 0.1) is 19.3 Å². The van der Waals surface area contributed by atoms with Gasteiger partial charge in [0.2, 0.25) is 11.7 Å². The van der Waals surface area contributed by atoms with E-state index in [9.17, 15) is 9.59 Å². The van der Waals surface area contributed by atoms with E-state index in [1.807, 2.05) is 0 Å². The monoisotopic (exact) mass is 383 g/mol. The van der Waals surface area contributed by atoms with E-state index in [1.165, 1.54) is 6.08 Å². The van der Waals surface area contributed by atoms with E-state index in [0.29, 0.717) is 48.3 Å². The van der Waals surface area contributed by atoms with E-state index >= 15 is 0 Å². The van der Waals surface area contributed by atoms with E-state index < -0.39 is 5.97 Å². The van der Waals surface area contributed by atoms with Crippen molar-refractivity contribution < 1.29 is 28.5 Å². The maximum atomic E-state index is 12.2. The predicted molar refractivity (Wildman–Crippen MR) is 104 cm³/mol. The minimum Gasteiger partial charge on any atom is -0.493 e. The number of methoxy groups -OCH3 is 1. The minimum absolute atomic E-state index is 0.308. The first-order chi connectivity index (χ1) is 13.6. The number of carbonyl (C=O) groups is 2. The second-order valence-electron chi connectivity index (χ2n) is 5.87. The zero-order valence-corrected chi connectivity index (χ0v) is 15.7. The molecule has 7 heteroatoms. The lowest BCUT2D eigenvalue weighted by molar-refractivity contribution is -0.111. The van der Waals surface area contributed by atoms with Gasteiger partial charge < -0.3 is 24.3 Å². The summed E-state index contributed by atoms with van der Waals surface area (Å²) in [6, 6.07) is 10.0. The number of esters is 1. The summed E-state index contributed by atoms with van der Waals surface area (Å²) in [6.07, 6.45) is 3.06. The molecule has 28 heavy (non-hydrogen) atoms. The lowest BCUT2D eigenvalue weighted by Crippen LogP contribution is -2.16. The summed E-state index contributed by atoms with van der Waals surface area (Å²) in [5.41, 5.74) is 1.75. The standard InChI is InChI=1S/C21H21NO6/c1-3-26-21(24)15-5-7-16(8-6-15)22-19(23)9-4-14-12-17(25-2)20-18(13-14)27-10-11-28-20/h4-9,12-13H,3,10-11H2,1-2H3,(H,22,23)/b9-4+. The molecule has 3 rings (SSSR count). The van der Waals surface area contributed by atoms with Gasteiger partial charge >= 0.3 is 5.97 Å². The fourth-order valence-corrected chi connectivity index (χ4v) is 2.65. The quantitative estimate of drug-likeness (QED) is 0.609.